The van der Waals surface area contributed by atoms with Crippen LogP contribution in [0.3, 0.4) is 0 Å². The van der Waals surface area contributed by atoms with Gasteiger partial charge in [0.15, 0.2) is 0 Å². The summed E-state index contributed by atoms with van der Waals surface area (Å²) in [6.45, 7) is 9.20. The van der Waals surface area contributed by atoms with Crippen LogP contribution >= 0.6 is 0 Å². The van der Waals surface area contributed by atoms with Gasteiger partial charge in [-0.25, -0.2) is 0 Å². The van der Waals surface area contributed by atoms with Crippen LogP contribution in [0.5, 0.6) is 0 Å². The minimum Gasteiger partial charge on any atom is -0.393 e. The Balaban J connectivity index is 1.42. The Labute approximate surface area is 211 Å². The molecule has 0 aromatic rings. The van der Waals surface area contributed by atoms with Crippen molar-refractivity contribution in [1.82, 2.24) is 5.32 Å². The van der Waals surface area contributed by atoms with E-state index in [0.29, 0.717) is 54.3 Å². The Bertz CT molecular complexity index is 894. The molecule has 4 N–H and O–H groups in total. The van der Waals surface area contributed by atoms with Crippen LogP contribution in [0, 0.1) is 52.3 Å². The van der Waals surface area contributed by atoms with Crippen LogP contribution in [0.25, 0.3) is 0 Å². The minimum atomic E-state index is -4.07. The zero-order chi connectivity index (χ0) is 25.8. The molecule has 202 valence electrons. The van der Waals surface area contributed by atoms with E-state index in [9.17, 15) is 23.4 Å². The van der Waals surface area contributed by atoms with Crippen molar-refractivity contribution in [3.8, 4) is 0 Å². The molecule has 4 saturated carbocycles. The highest BCUT2D eigenvalue weighted by molar-refractivity contribution is 7.85. The first-order chi connectivity index (χ1) is 16.3. The summed E-state index contributed by atoms with van der Waals surface area (Å²) in [7, 11) is -4.07. The van der Waals surface area contributed by atoms with Crippen molar-refractivity contribution in [3.63, 3.8) is 0 Å². The topological polar surface area (TPSA) is 124 Å². The molecule has 0 radical (unpaired) electrons. The molecular weight excluding hydrogens is 466 g/mol. The van der Waals surface area contributed by atoms with Crippen LogP contribution in [0.15, 0.2) is 0 Å². The van der Waals surface area contributed by atoms with E-state index in [-0.39, 0.29) is 35.5 Å². The molecule has 0 heterocycles. The first-order valence-corrected chi connectivity index (χ1v) is 15.5. The second kappa shape index (κ2) is 9.88. The molecule has 4 aliphatic rings. The van der Waals surface area contributed by atoms with E-state index in [0.717, 1.165) is 32.1 Å². The Morgan fingerprint density at radius 3 is 2.43 bits per heavy atom. The van der Waals surface area contributed by atoms with Crippen LogP contribution in [0.4, 0.5) is 0 Å². The molecule has 7 nitrogen and oxygen atoms in total. The van der Waals surface area contributed by atoms with Gasteiger partial charge in [0.25, 0.3) is 10.1 Å². The largest absolute Gasteiger partial charge is 0.393 e. The lowest BCUT2D eigenvalue weighted by molar-refractivity contribution is -0.190. The summed E-state index contributed by atoms with van der Waals surface area (Å²) >= 11 is 0. The fourth-order valence-corrected chi connectivity index (χ4v) is 9.95. The van der Waals surface area contributed by atoms with Crippen molar-refractivity contribution >= 4 is 16.0 Å². The van der Waals surface area contributed by atoms with Crippen molar-refractivity contribution in [3.05, 3.63) is 0 Å². The number of carbonyl (C=O) groups excluding carboxylic acids is 1. The summed E-state index contributed by atoms with van der Waals surface area (Å²) in [5.41, 5.74) is 0.0525. The molecule has 35 heavy (non-hydrogen) atoms. The SMILES string of the molecule is CC(CCC(=O)NCCS(=O)(=O)O)C1CCC2C3CCC4CC(O)CC(C)[C@]4(C)C3CC(O)[C@]12C. The van der Waals surface area contributed by atoms with E-state index in [1.807, 2.05) is 0 Å². The van der Waals surface area contributed by atoms with Crippen LogP contribution in [-0.2, 0) is 14.9 Å². The Kier molecular flexibility index (Phi) is 7.72. The molecule has 1 amide bonds. The van der Waals surface area contributed by atoms with Gasteiger partial charge < -0.3 is 15.5 Å². The quantitative estimate of drug-likeness (QED) is 0.385. The van der Waals surface area contributed by atoms with Gasteiger partial charge in [-0.15, -0.1) is 0 Å². The summed E-state index contributed by atoms with van der Waals surface area (Å²) in [5, 5.41) is 24.7. The highest BCUT2D eigenvalue weighted by atomic mass is 32.2. The molecule has 11 atom stereocenters. The number of aliphatic hydroxyl groups is 2. The third-order valence-electron chi connectivity index (χ3n) is 11.6. The van der Waals surface area contributed by atoms with E-state index < -0.39 is 15.9 Å². The van der Waals surface area contributed by atoms with Crippen molar-refractivity contribution in [1.29, 1.82) is 0 Å². The molecular formula is C27H47NO6S. The fourth-order valence-electron chi connectivity index (χ4n) is 9.59. The standard InChI is InChI=1S/C27H47NO6S/c1-16(5-10-25(31)28-11-12-35(32,33)34)21-8-9-22-20-7-6-18-14-19(29)13-17(2)26(18,3)23(20)15-24(30)27(21,22)4/h16-24,29-30H,5-15H2,1-4H3,(H,28,31)(H,32,33,34)/t16?,17?,18?,19?,20?,21?,22?,23?,24?,26-,27+/m0/s1. The van der Waals surface area contributed by atoms with Crippen molar-refractivity contribution in [2.45, 2.75) is 97.7 Å². The van der Waals surface area contributed by atoms with Crippen LogP contribution in [-0.4, -0.2) is 53.6 Å². The molecule has 4 rings (SSSR count). The molecule has 0 spiro atoms. The number of nitrogens with one attached hydrogen (secondary N) is 1. The lowest BCUT2D eigenvalue weighted by Crippen LogP contribution is -2.60. The monoisotopic (exact) mass is 513 g/mol. The summed E-state index contributed by atoms with van der Waals surface area (Å²) < 4.78 is 30.5. The summed E-state index contributed by atoms with van der Waals surface area (Å²) in [6.07, 6.45) is 7.76. The highest BCUT2D eigenvalue weighted by Gasteiger charge is 2.64. The number of hydrogen-bond donors (Lipinski definition) is 4. The summed E-state index contributed by atoms with van der Waals surface area (Å²) in [5.74, 6) is 2.66. The van der Waals surface area contributed by atoms with E-state index in [1.54, 1.807) is 0 Å². The van der Waals surface area contributed by atoms with Crippen LogP contribution in [0.2, 0.25) is 0 Å². The maximum atomic E-state index is 12.2. The smallest absolute Gasteiger partial charge is 0.266 e. The molecule has 0 aliphatic heterocycles. The van der Waals surface area contributed by atoms with Gasteiger partial charge in [0.2, 0.25) is 5.91 Å². The number of rotatable bonds is 7. The molecule has 9 unspecified atom stereocenters. The first kappa shape index (κ1) is 27.3. The normalized spacial score (nSPS) is 46.3. The molecule has 8 heteroatoms. The summed E-state index contributed by atoms with van der Waals surface area (Å²) in [6, 6.07) is 0. The Morgan fingerprint density at radius 1 is 1.03 bits per heavy atom. The Hall–Kier alpha value is -0.700. The van der Waals surface area contributed by atoms with E-state index in [4.69, 9.17) is 4.55 Å². The fraction of sp³-hybridized carbons (Fsp3) is 0.963. The van der Waals surface area contributed by atoms with Gasteiger partial charge in [0, 0.05) is 13.0 Å². The maximum absolute atomic E-state index is 12.2. The lowest BCUT2D eigenvalue weighted by atomic mass is 9.42. The number of fused-ring (bicyclic) bond motifs is 5. The molecule has 4 aliphatic carbocycles. The average molecular weight is 514 g/mol. The number of carbonyl (C=O) groups is 1. The zero-order valence-corrected chi connectivity index (χ0v) is 22.8. The van der Waals surface area contributed by atoms with Crippen LogP contribution in [0.1, 0.15) is 85.5 Å². The number of aliphatic hydroxyl groups excluding tert-OH is 2. The van der Waals surface area contributed by atoms with Gasteiger partial charge in [0.05, 0.1) is 18.0 Å². The Morgan fingerprint density at radius 2 is 1.74 bits per heavy atom. The van der Waals surface area contributed by atoms with Crippen molar-refractivity contribution < 1.29 is 28.0 Å². The van der Waals surface area contributed by atoms with E-state index >= 15 is 0 Å². The third-order valence-corrected chi connectivity index (χ3v) is 12.3. The van der Waals surface area contributed by atoms with E-state index in [1.165, 1.54) is 12.8 Å². The van der Waals surface area contributed by atoms with Gasteiger partial charge in [0.1, 0.15) is 0 Å². The average Bonchev–Trinajstić information content (AvgIpc) is 3.12. The molecule has 0 bridgehead atoms. The molecule has 0 aromatic carbocycles. The maximum Gasteiger partial charge on any atom is 0.266 e. The van der Waals surface area contributed by atoms with Gasteiger partial charge in [-0.3, -0.25) is 9.35 Å². The second-order valence-corrected chi connectivity index (χ2v) is 14.6. The van der Waals surface area contributed by atoms with Crippen molar-refractivity contribution in [2.75, 3.05) is 12.3 Å². The lowest BCUT2D eigenvalue weighted by Gasteiger charge is -2.64. The van der Waals surface area contributed by atoms with E-state index in [2.05, 4.69) is 33.0 Å². The van der Waals surface area contributed by atoms with Gasteiger partial charge in [-0.05, 0) is 104 Å². The van der Waals surface area contributed by atoms with Crippen LogP contribution < -0.4 is 5.32 Å². The predicted molar refractivity (Wildman–Crippen MR) is 135 cm³/mol. The van der Waals surface area contributed by atoms with Gasteiger partial charge in [-0.1, -0.05) is 27.7 Å². The van der Waals surface area contributed by atoms with Gasteiger partial charge in [-0.2, -0.15) is 8.42 Å². The molecule has 4 fully saturated rings. The second-order valence-electron chi connectivity index (χ2n) is 13.0. The molecule has 0 aromatic heterocycles. The first-order valence-electron chi connectivity index (χ1n) is 13.9. The third kappa shape index (κ3) is 4.94. The van der Waals surface area contributed by atoms with Gasteiger partial charge >= 0.3 is 0 Å². The number of hydrogen-bond acceptors (Lipinski definition) is 5. The van der Waals surface area contributed by atoms with Crippen molar-refractivity contribution in [2.24, 2.45) is 52.3 Å². The predicted octanol–water partition coefficient (Wildman–Crippen LogP) is 3.64. The highest BCUT2D eigenvalue weighted by Crippen LogP contribution is 2.69. The zero-order valence-electron chi connectivity index (χ0n) is 21.9. The molecule has 0 saturated heterocycles. The number of amides is 1. The minimum absolute atomic E-state index is 0.0771. The summed E-state index contributed by atoms with van der Waals surface area (Å²) in [4.78, 5) is 12.2.